The highest BCUT2D eigenvalue weighted by Crippen LogP contribution is 2.37. The first-order chi connectivity index (χ1) is 15.7. The molecule has 174 valence electrons. The van der Waals surface area contributed by atoms with Crippen LogP contribution in [0.25, 0.3) is 16.5 Å². The molecule has 1 N–H and O–H groups in total. The van der Waals surface area contributed by atoms with Crippen LogP contribution >= 0.6 is 0 Å². The maximum absolute atomic E-state index is 12.8. The van der Waals surface area contributed by atoms with Crippen molar-refractivity contribution < 1.29 is 30.5 Å². The number of para-hydroxylation sites is 1. The second-order valence-corrected chi connectivity index (χ2v) is 9.24. The van der Waals surface area contributed by atoms with E-state index in [4.69, 9.17) is 4.74 Å². The van der Waals surface area contributed by atoms with Crippen molar-refractivity contribution >= 4 is 26.6 Å². The number of halogens is 3. The second kappa shape index (κ2) is 9.07. The summed E-state index contributed by atoms with van der Waals surface area (Å²) in [7, 11) is -5.79. The van der Waals surface area contributed by atoms with E-state index in [-0.39, 0.29) is 23.1 Å². The van der Waals surface area contributed by atoms with Gasteiger partial charge in [0.25, 0.3) is 0 Å². The first-order valence-electron chi connectivity index (χ1n) is 10.4. The van der Waals surface area contributed by atoms with Crippen LogP contribution in [0.1, 0.15) is 30.5 Å². The predicted octanol–water partition coefficient (Wildman–Crippen LogP) is 5.55. The van der Waals surface area contributed by atoms with Crippen molar-refractivity contribution in [1.82, 2.24) is 5.32 Å². The van der Waals surface area contributed by atoms with Gasteiger partial charge in [0.15, 0.2) is 5.76 Å². The molecular weight excluding hydrogens is 455 g/mol. The molecule has 0 bridgehead atoms. The van der Waals surface area contributed by atoms with E-state index in [1.165, 1.54) is 12.1 Å². The van der Waals surface area contributed by atoms with E-state index in [1.54, 1.807) is 18.2 Å². The van der Waals surface area contributed by atoms with E-state index in [0.717, 1.165) is 16.3 Å². The molecule has 2 unspecified atom stereocenters. The number of hydrogen-bond donors (Lipinski definition) is 1. The third kappa shape index (κ3) is 4.99. The lowest BCUT2D eigenvalue weighted by Gasteiger charge is -2.26. The third-order valence-corrected chi connectivity index (χ3v) is 6.39. The Morgan fingerprint density at radius 3 is 2.52 bits per heavy atom. The first-order valence-corrected chi connectivity index (χ1v) is 11.8. The molecule has 0 fully saturated rings. The maximum Gasteiger partial charge on any atom is 0.534 e. The Labute approximate surface area is 190 Å². The zero-order valence-electron chi connectivity index (χ0n) is 17.7. The van der Waals surface area contributed by atoms with Crippen molar-refractivity contribution in [1.29, 1.82) is 0 Å². The van der Waals surface area contributed by atoms with Crippen molar-refractivity contribution in [3.8, 4) is 5.75 Å². The van der Waals surface area contributed by atoms with E-state index in [9.17, 15) is 21.6 Å². The summed E-state index contributed by atoms with van der Waals surface area (Å²) in [5.74, 6) is -0.124. The average Bonchev–Trinajstić information content (AvgIpc) is 2.77. The van der Waals surface area contributed by atoms with E-state index in [0.29, 0.717) is 13.0 Å². The molecule has 1 heterocycles. The number of rotatable bonds is 7. The van der Waals surface area contributed by atoms with Gasteiger partial charge in [-0.2, -0.15) is 21.6 Å². The Hall–Kier alpha value is -3.04. The van der Waals surface area contributed by atoms with Gasteiger partial charge >= 0.3 is 15.6 Å². The highest BCUT2D eigenvalue weighted by Gasteiger charge is 2.49. The van der Waals surface area contributed by atoms with Crippen LogP contribution in [0.4, 0.5) is 13.2 Å². The lowest BCUT2D eigenvalue weighted by molar-refractivity contribution is -0.0510. The Morgan fingerprint density at radius 1 is 1.03 bits per heavy atom. The Balaban J connectivity index is 1.48. The van der Waals surface area contributed by atoms with Crippen molar-refractivity contribution in [3.05, 3.63) is 83.9 Å². The number of alkyl halides is 3. The van der Waals surface area contributed by atoms with Crippen LogP contribution in [0, 0.1) is 0 Å². The summed E-state index contributed by atoms with van der Waals surface area (Å²) < 4.78 is 72.0. The number of nitrogens with one attached hydrogen (secondary N) is 1. The summed E-state index contributed by atoms with van der Waals surface area (Å²) >= 11 is 0. The predicted molar refractivity (Wildman–Crippen MR) is 120 cm³/mol. The van der Waals surface area contributed by atoms with Crippen molar-refractivity contribution in [2.45, 2.75) is 31.0 Å². The topological polar surface area (TPSA) is 64.6 Å². The standard InChI is InChI=1S/C24H22F3NO4S/c1-16(19-11-6-8-17-7-2-3-9-20(17)19)28-14-13-18-15-23(32-33(29,30)24(25,26)27)21-10-4-5-12-22(21)31-18/h2-12,15-16,18,28H,13-14H2,1H3. The molecule has 0 spiro atoms. The summed E-state index contributed by atoms with van der Waals surface area (Å²) in [6.45, 7) is 2.51. The van der Waals surface area contributed by atoms with Gasteiger partial charge in [-0.15, -0.1) is 0 Å². The molecule has 0 aliphatic carbocycles. The van der Waals surface area contributed by atoms with E-state index in [1.807, 2.05) is 43.3 Å². The van der Waals surface area contributed by atoms with Gasteiger partial charge in [-0.1, -0.05) is 54.6 Å². The summed E-state index contributed by atoms with van der Waals surface area (Å²) in [6, 6.07) is 20.4. The minimum atomic E-state index is -5.79. The average molecular weight is 478 g/mol. The van der Waals surface area contributed by atoms with Crippen LogP contribution in [-0.2, 0) is 14.3 Å². The monoisotopic (exact) mass is 477 g/mol. The van der Waals surface area contributed by atoms with Crippen molar-refractivity contribution in [3.63, 3.8) is 0 Å². The van der Waals surface area contributed by atoms with E-state index in [2.05, 4.69) is 15.6 Å². The molecule has 33 heavy (non-hydrogen) atoms. The van der Waals surface area contributed by atoms with Crippen LogP contribution < -0.4 is 10.1 Å². The molecule has 2 atom stereocenters. The van der Waals surface area contributed by atoms with Gasteiger partial charge in [0, 0.05) is 18.5 Å². The van der Waals surface area contributed by atoms with Gasteiger partial charge < -0.3 is 14.2 Å². The molecule has 4 rings (SSSR count). The summed E-state index contributed by atoms with van der Waals surface area (Å²) in [5.41, 5.74) is -4.25. The Morgan fingerprint density at radius 2 is 1.73 bits per heavy atom. The second-order valence-electron chi connectivity index (χ2n) is 7.70. The maximum atomic E-state index is 12.8. The van der Waals surface area contributed by atoms with Crippen LogP contribution in [0.5, 0.6) is 5.75 Å². The number of benzene rings is 3. The molecule has 0 aromatic heterocycles. The Kier molecular flexibility index (Phi) is 6.36. The third-order valence-electron chi connectivity index (χ3n) is 5.42. The lowest BCUT2D eigenvalue weighted by atomic mass is 9.99. The van der Waals surface area contributed by atoms with Gasteiger partial charge in [-0.05, 0) is 41.9 Å². The van der Waals surface area contributed by atoms with Gasteiger partial charge in [-0.3, -0.25) is 0 Å². The summed E-state index contributed by atoms with van der Waals surface area (Å²) in [4.78, 5) is 0. The number of hydrogen-bond acceptors (Lipinski definition) is 5. The lowest BCUT2D eigenvalue weighted by Crippen LogP contribution is -2.29. The van der Waals surface area contributed by atoms with Crippen LogP contribution in [0.3, 0.4) is 0 Å². The molecule has 5 nitrogen and oxygen atoms in total. The molecule has 0 saturated carbocycles. The minimum absolute atomic E-state index is 0.0114. The van der Waals surface area contributed by atoms with Crippen molar-refractivity contribution in [2.75, 3.05) is 6.54 Å². The van der Waals surface area contributed by atoms with E-state index >= 15 is 0 Å². The summed E-state index contributed by atoms with van der Waals surface area (Å²) in [6.07, 6.45) is 1.00. The van der Waals surface area contributed by atoms with Crippen LogP contribution in [0.15, 0.2) is 72.8 Å². The zero-order chi connectivity index (χ0) is 23.6. The highest BCUT2D eigenvalue weighted by atomic mass is 32.2. The fourth-order valence-corrected chi connectivity index (χ4v) is 4.27. The van der Waals surface area contributed by atoms with Gasteiger partial charge in [0.2, 0.25) is 0 Å². The summed E-state index contributed by atoms with van der Waals surface area (Å²) in [5, 5.41) is 5.67. The molecule has 0 radical (unpaired) electrons. The normalized spacial score (nSPS) is 17.1. The first kappa shape index (κ1) is 23.1. The fourth-order valence-electron chi connectivity index (χ4n) is 3.79. The SMILES string of the molecule is CC(NCCC1C=C(OS(=O)(=O)C(F)(F)F)c2ccccc2O1)c1cccc2ccccc12. The molecular formula is C24H22F3NO4S. The highest BCUT2D eigenvalue weighted by molar-refractivity contribution is 7.87. The van der Waals surface area contributed by atoms with E-state index < -0.39 is 21.7 Å². The smallest absolute Gasteiger partial charge is 0.485 e. The molecule has 1 aliphatic rings. The molecule has 3 aromatic rings. The van der Waals surface area contributed by atoms with Gasteiger partial charge in [0.05, 0.1) is 5.56 Å². The zero-order valence-corrected chi connectivity index (χ0v) is 18.5. The number of ether oxygens (including phenoxy) is 1. The molecule has 0 saturated heterocycles. The number of fused-ring (bicyclic) bond motifs is 2. The van der Waals surface area contributed by atoms with Crippen molar-refractivity contribution in [2.24, 2.45) is 0 Å². The van der Waals surface area contributed by atoms with Crippen LogP contribution in [-0.4, -0.2) is 26.6 Å². The van der Waals surface area contributed by atoms with Gasteiger partial charge in [-0.25, -0.2) is 0 Å². The van der Waals surface area contributed by atoms with Gasteiger partial charge in [0.1, 0.15) is 11.9 Å². The Bertz CT molecular complexity index is 1280. The molecule has 0 amide bonds. The minimum Gasteiger partial charge on any atom is -0.485 e. The largest absolute Gasteiger partial charge is 0.534 e. The molecule has 9 heteroatoms. The quantitative estimate of drug-likeness (QED) is 0.357. The molecule has 1 aliphatic heterocycles. The molecule has 3 aromatic carbocycles. The fraction of sp³-hybridized carbons (Fsp3) is 0.250. The van der Waals surface area contributed by atoms with Crippen LogP contribution in [0.2, 0.25) is 0 Å².